The van der Waals surface area contributed by atoms with Gasteiger partial charge < -0.3 is 9.32 Å². The van der Waals surface area contributed by atoms with Crippen LogP contribution in [0.5, 0.6) is 0 Å². The van der Waals surface area contributed by atoms with Crippen LogP contribution in [0.4, 0.5) is 6.01 Å². The van der Waals surface area contributed by atoms with Crippen LogP contribution in [0.15, 0.2) is 21.9 Å². The zero-order valence-electron chi connectivity index (χ0n) is 8.18. The highest BCUT2D eigenvalue weighted by molar-refractivity contribution is 7.09. The van der Waals surface area contributed by atoms with E-state index in [4.69, 9.17) is 16.0 Å². The number of alkyl halides is 1. The van der Waals surface area contributed by atoms with Crippen molar-refractivity contribution < 1.29 is 4.42 Å². The Bertz CT molecular complexity index is 415. The monoisotopic (exact) mass is 243 g/mol. The number of nitrogens with zero attached hydrogens (tertiary/aromatic N) is 3. The molecule has 80 valence electrons. The van der Waals surface area contributed by atoms with Gasteiger partial charge in [0.05, 0.1) is 6.54 Å². The average Bonchev–Trinajstić information content (AvgIpc) is 2.86. The second-order valence-electron chi connectivity index (χ2n) is 3.05. The predicted octanol–water partition coefficient (Wildman–Crippen LogP) is 2.51. The maximum Gasteiger partial charge on any atom is 0.318 e. The van der Waals surface area contributed by atoms with Gasteiger partial charge in [-0.1, -0.05) is 11.2 Å². The summed E-state index contributed by atoms with van der Waals surface area (Å²) < 4.78 is 5.32. The Morgan fingerprint density at radius 3 is 3.00 bits per heavy atom. The Morgan fingerprint density at radius 2 is 2.40 bits per heavy atom. The minimum Gasteiger partial charge on any atom is -0.407 e. The van der Waals surface area contributed by atoms with Crippen LogP contribution in [-0.2, 0) is 12.4 Å². The van der Waals surface area contributed by atoms with Crippen LogP contribution in [0.25, 0.3) is 0 Å². The van der Waals surface area contributed by atoms with Crippen LogP contribution in [0.2, 0.25) is 0 Å². The Morgan fingerprint density at radius 1 is 1.53 bits per heavy atom. The first-order chi connectivity index (χ1) is 7.29. The summed E-state index contributed by atoms with van der Waals surface area (Å²) in [6.45, 7) is 0.765. The lowest BCUT2D eigenvalue weighted by molar-refractivity contribution is 0.507. The van der Waals surface area contributed by atoms with Crippen molar-refractivity contribution in [3.63, 3.8) is 0 Å². The van der Waals surface area contributed by atoms with E-state index in [1.807, 2.05) is 23.4 Å². The summed E-state index contributed by atoms with van der Waals surface area (Å²) in [5.74, 6) is 0.699. The van der Waals surface area contributed by atoms with E-state index in [0.717, 1.165) is 6.54 Å². The number of hydrogen-bond donors (Lipinski definition) is 0. The maximum absolute atomic E-state index is 5.57. The molecule has 2 rings (SSSR count). The molecule has 0 fully saturated rings. The quantitative estimate of drug-likeness (QED) is 0.774. The molecule has 0 unspecified atom stereocenters. The molecule has 6 heteroatoms. The minimum atomic E-state index is 0.250. The van der Waals surface area contributed by atoms with Gasteiger partial charge in [-0.25, -0.2) is 0 Å². The standard InChI is InChI=1S/C9H10ClN3OS/c1-13(6-7-3-2-4-15-7)9-12-11-8(5-10)14-9/h2-4H,5-6H2,1H3. The zero-order chi connectivity index (χ0) is 10.7. The molecule has 15 heavy (non-hydrogen) atoms. The van der Waals surface area contributed by atoms with Gasteiger partial charge in [-0.3, -0.25) is 0 Å². The van der Waals surface area contributed by atoms with E-state index >= 15 is 0 Å². The highest BCUT2D eigenvalue weighted by atomic mass is 35.5. The van der Waals surface area contributed by atoms with E-state index in [-0.39, 0.29) is 5.88 Å². The molecule has 0 N–H and O–H groups in total. The number of thiophene rings is 1. The van der Waals surface area contributed by atoms with Gasteiger partial charge in [0.25, 0.3) is 0 Å². The summed E-state index contributed by atoms with van der Waals surface area (Å²) in [6.07, 6.45) is 0. The van der Waals surface area contributed by atoms with Crippen LogP contribution in [0.3, 0.4) is 0 Å². The number of rotatable bonds is 4. The molecule has 0 aromatic carbocycles. The summed E-state index contributed by atoms with van der Waals surface area (Å²) in [5.41, 5.74) is 0. The summed E-state index contributed by atoms with van der Waals surface area (Å²) in [6, 6.07) is 4.59. The van der Waals surface area contributed by atoms with Gasteiger partial charge in [0.1, 0.15) is 5.88 Å². The predicted molar refractivity (Wildman–Crippen MR) is 60.3 cm³/mol. The van der Waals surface area contributed by atoms with Crippen LogP contribution in [0, 0.1) is 0 Å². The Labute approximate surface area is 96.5 Å². The van der Waals surface area contributed by atoms with Gasteiger partial charge >= 0.3 is 6.01 Å². The van der Waals surface area contributed by atoms with E-state index in [1.165, 1.54) is 4.88 Å². The lowest BCUT2D eigenvalue weighted by atomic mass is 10.4. The van der Waals surface area contributed by atoms with Gasteiger partial charge in [0.15, 0.2) is 0 Å². The van der Waals surface area contributed by atoms with Crippen molar-refractivity contribution in [2.75, 3.05) is 11.9 Å². The number of hydrogen-bond acceptors (Lipinski definition) is 5. The van der Waals surface area contributed by atoms with Crippen molar-refractivity contribution in [2.24, 2.45) is 0 Å². The molecule has 0 saturated heterocycles. The van der Waals surface area contributed by atoms with Gasteiger partial charge in [-0.05, 0) is 11.4 Å². The molecule has 0 saturated carbocycles. The van der Waals surface area contributed by atoms with Crippen molar-refractivity contribution in [2.45, 2.75) is 12.4 Å². The minimum absolute atomic E-state index is 0.250. The van der Waals surface area contributed by atoms with Crippen molar-refractivity contribution in [1.29, 1.82) is 0 Å². The molecular weight excluding hydrogens is 234 g/mol. The Balaban J connectivity index is 2.04. The average molecular weight is 244 g/mol. The van der Waals surface area contributed by atoms with Crippen molar-refractivity contribution in [3.8, 4) is 0 Å². The number of aromatic nitrogens is 2. The van der Waals surface area contributed by atoms with Crippen LogP contribution >= 0.6 is 22.9 Å². The highest BCUT2D eigenvalue weighted by Crippen LogP contribution is 2.17. The van der Waals surface area contributed by atoms with E-state index in [0.29, 0.717) is 11.9 Å². The summed E-state index contributed by atoms with van der Waals surface area (Å²) >= 11 is 7.28. The lowest BCUT2D eigenvalue weighted by Crippen LogP contribution is -2.15. The van der Waals surface area contributed by atoms with Gasteiger partial charge in [-0.2, -0.15) is 0 Å². The second-order valence-corrected chi connectivity index (χ2v) is 4.35. The second kappa shape index (κ2) is 4.63. The van der Waals surface area contributed by atoms with E-state index < -0.39 is 0 Å². The van der Waals surface area contributed by atoms with Crippen LogP contribution < -0.4 is 4.90 Å². The van der Waals surface area contributed by atoms with Crippen LogP contribution in [-0.4, -0.2) is 17.2 Å². The molecule has 2 heterocycles. The molecule has 4 nitrogen and oxygen atoms in total. The van der Waals surface area contributed by atoms with E-state index in [9.17, 15) is 0 Å². The third-order valence-corrected chi connectivity index (χ3v) is 2.96. The molecule has 0 aliphatic heterocycles. The topological polar surface area (TPSA) is 42.2 Å². The maximum atomic E-state index is 5.57. The zero-order valence-corrected chi connectivity index (χ0v) is 9.75. The number of anilines is 1. The first kappa shape index (κ1) is 10.4. The fraction of sp³-hybridized carbons (Fsp3) is 0.333. The third-order valence-electron chi connectivity index (χ3n) is 1.87. The van der Waals surface area contributed by atoms with Crippen molar-refractivity contribution >= 4 is 29.0 Å². The van der Waals surface area contributed by atoms with Crippen molar-refractivity contribution in [1.82, 2.24) is 10.2 Å². The summed E-state index contributed by atoms with van der Waals surface area (Å²) in [5, 5.41) is 9.74. The van der Waals surface area contributed by atoms with Gasteiger partial charge in [-0.15, -0.1) is 28.0 Å². The first-order valence-corrected chi connectivity index (χ1v) is 5.83. The lowest BCUT2D eigenvalue weighted by Gasteiger charge is -2.11. The van der Waals surface area contributed by atoms with E-state index in [1.54, 1.807) is 11.3 Å². The first-order valence-electron chi connectivity index (χ1n) is 4.41. The summed E-state index contributed by atoms with van der Waals surface area (Å²) in [7, 11) is 1.91. The van der Waals surface area contributed by atoms with Gasteiger partial charge in [0.2, 0.25) is 5.89 Å². The molecule has 0 aliphatic carbocycles. The molecule has 2 aromatic heterocycles. The Kier molecular flexibility index (Phi) is 3.23. The number of halogens is 1. The fourth-order valence-electron chi connectivity index (χ4n) is 1.16. The van der Waals surface area contributed by atoms with E-state index in [2.05, 4.69) is 16.3 Å². The largest absolute Gasteiger partial charge is 0.407 e. The normalized spacial score (nSPS) is 10.5. The van der Waals surface area contributed by atoms with Gasteiger partial charge in [0, 0.05) is 11.9 Å². The highest BCUT2D eigenvalue weighted by Gasteiger charge is 2.10. The van der Waals surface area contributed by atoms with Crippen LogP contribution in [0.1, 0.15) is 10.8 Å². The smallest absolute Gasteiger partial charge is 0.318 e. The SMILES string of the molecule is CN(Cc1cccs1)c1nnc(CCl)o1. The molecule has 0 radical (unpaired) electrons. The summed E-state index contributed by atoms with van der Waals surface area (Å²) in [4.78, 5) is 3.15. The third kappa shape index (κ3) is 2.49. The molecule has 0 spiro atoms. The fourth-order valence-corrected chi connectivity index (χ4v) is 2.02. The molecule has 0 bridgehead atoms. The molecule has 0 amide bonds. The Hall–Kier alpha value is -1.07. The molecular formula is C9H10ClN3OS. The van der Waals surface area contributed by atoms with Crippen molar-refractivity contribution in [3.05, 3.63) is 28.3 Å². The molecule has 2 aromatic rings. The molecule has 0 atom stereocenters. The molecule has 0 aliphatic rings.